The van der Waals surface area contributed by atoms with Gasteiger partial charge >= 0.3 is 12.1 Å². The van der Waals surface area contributed by atoms with Crippen LogP contribution < -0.4 is 11.1 Å². The molecule has 3 N–H and O–H groups in total. The fourth-order valence-electron chi connectivity index (χ4n) is 1.86. The summed E-state index contributed by atoms with van der Waals surface area (Å²) in [5.41, 5.74) is 5.92. The molecule has 0 aromatic heterocycles. The number of carbonyl (C=O) groups is 3. The molecule has 0 heterocycles. The fourth-order valence-corrected chi connectivity index (χ4v) is 1.86. The van der Waals surface area contributed by atoms with E-state index in [1.807, 2.05) is 37.3 Å². The molecular formula is C17H24N2O5. The molecule has 0 aliphatic carbocycles. The van der Waals surface area contributed by atoms with E-state index in [1.165, 1.54) is 0 Å². The van der Waals surface area contributed by atoms with Gasteiger partial charge in [0.15, 0.2) is 0 Å². The van der Waals surface area contributed by atoms with E-state index in [1.54, 1.807) is 0 Å². The molecule has 7 heteroatoms. The van der Waals surface area contributed by atoms with Crippen LogP contribution in [0.25, 0.3) is 0 Å². The van der Waals surface area contributed by atoms with Crippen LogP contribution in [0.4, 0.5) is 4.79 Å². The van der Waals surface area contributed by atoms with E-state index < -0.39 is 24.0 Å². The van der Waals surface area contributed by atoms with Gasteiger partial charge in [-0.3, -0.25) is 4.79 Å². The number of benzene rings is 1. The van der Waals surface area contributed by atoms with Gasteiger partial charge in [-0.05, 0) is 18.4 Å². The van der Waals surface area contributed by atoms with E-state index in [2.05, 4.69) is 5.32 Å². The Bertz CT molecular complexity index is 533. The molecule has 0 saturated carbocycles. The topological polar surface area (TPSA) is 108 Å². The molecule has 1 aromatic rings. The Morgan fingerprint density at radius 3 is 2.50 bits per heavy atom. The number of primary amides is 1. The van der Waals surface area contributed by atoms with Crippen molar-refractivity contribution < 1.29 is 23.9 Å². The summed E-state index contributed by atoms with van der Waals surface area (Å²) < 4.78 is 10.1. The Morgan fingerprint density at radius 1 is 1.17 bits per heavy atom. The number of unbranched alkanes of at least 4 members (excludes halogenated alkanes) is 1. The third kappa shape index (κ3) is 8.17. The third-order valence-electron chi connectivity index (χ3n) is 3.21. The second kappa shape index (κ2) is 11.0. The highest BCUT2D eigenvalue weighted by Gasteiger charge is 2.23. The number of hydrogen-bond donors (Lipinski definition) is 2. The van der Waals surface area contributed by atoms with Gasteiger partial charge in [0.25, 0.3) is 0 Å². The van der Waals surface area contributed by atoms with E-state index in [-0.39, 0.29) is 26.1 Å². The maximum atomic E-state index is 12.1. The molecule has 1 rings (SSSR count). The van der Waals surface area contributed by atoms with Gasteiger partial charge in [0.2, 0.25) is 5.91 Å². The average Bonchev–Trinajstić information content (AvgIpc) is 2.57. The first-order valence-corrected chi connectivity index (χ1v) is 7.95. The van der Waals surface area contributed by atoms with Crippen molar-refractivity contribution in [2.45, 2.75) is 45.3 Å². The van der Waals surface area contributed by atoms with Gasteiger partial charge in [0.1, 0.15) is 12.6 Å². The quantitative estimate of drug-likeness (QED) is 0.501. The van der Waals surface area contributed by atoms with E-state index in [0.717, 1.165) is 18.4 Å². The Kier molecular flexibility index (Phi) is 8.96. The van der Waals surface area contributed by atoms with Crippen LogP contribution in [0.15, 0.2) is 30.3 Å². The average molecular weight is 336 g/mol. The SMILES string of the molecule is CCCCOC(=O)N[C@@H](CCC(N)=O)C(=O)OCc1ccccc1. The van der Waals surface area contributed by atoms with Crippen LogP contribution >= 0.6 is 0 Å². The van der Waals surface area contributed by atoms with Crippen LogP contribution in [0.3, 0.4) is 0 Å². The first-order valence-electron chi connectivity index (χ1n) is 7.95. The van der Waals surface area contributed by atoms with Gasteiger partial charge in [-0.15, -0.1) is 0 Å². The zero-order chi connectivity index (χ0) is 17.8. The molecule has 0 aliphatic heterocycles. The first-order chi connectivity index (χ1) is 11.5. The Morgan fingerprint density at radius 2 is 1.88 bits per heavy atom. The molecule has 24 heavy (non-hydrogen) atoms. The van der Waals surface area contributed by atoms with Crippen molar-refractivity contribution in [1.82, 2.24) is 5.32 Å². The third-order valence-corrected chi connectivity index (χ3v) is 3.21. The van der Waals surface area contributed by atoms with Crippen LogP contribution in [-0.2, 0) is 25.7 Å². The molecule has 0 radical (unpaired) electrons. The second-order valence-electron chi connectivity index (χ2n) is 5.28. The van der Waals surface area contributed by atoms with Crippen molar-refractivity contribution in [1.29, 1.82) is 0 Å². The minimum Gasteiger partial charge on any atom is -0.459 e. The van der Waals surface area contributed by atoms with Gasteiger partial charge in [-0.25, -0.2) is 9.59 Å². The van der Waals surface area contributed by atoms with Gasteiger partial charge in [-0.2, -0.15) is 0 Å². The highest BCUT2D eigenvalue weighted by Crippen LogP contribution is 2.05. The summed E-state index contributed by atoms with van der Waals surface area (Å²) in [5.74, 6) is -1.19. The lowest BCUT2D eigenvalue weighted by Crippen LogP contribution is -2.42. The number of rotatable bonds is 10. The molecule has 0 aliphatic rings. The van der Waals surface area contributed by atoms with Crippen molar-refractivity contribution in [3.05, 3.63) is 35.9 Å². The van der Waals surface area contributed by atoms with Crippen molar-refractivity contribution in [2.24, 2.45) is 5.73 Å². The molecule has 0 spiro atoms. The minimum atomic E-state index is -0.977. The summed E-state index contributed by atoms with van der Waals surface area (Å²) in [5, 5.41) is 2.42. The Labute approximate surface area is 141 Å². The number of nitrogens with two attached hydrogens (primary N) is 1. The monoisotopic (exact) mass is 336 g/mol. The molecule has 1 atom stereocenters. The first kappa shape index (κ1) is 19.5. The van der Waals surface area contributed by atoms with Gasteiger partial charge < -0.3 is 20.5 Å². The molecule has 0 unspecified atom stereocenters. The van der Waals surface area contributed by atoms with Crippen LogP contribution in [0.2, 0.25) is 0 Å². The molecule has 7 nitrogen and oxygen atoms in total. The lowest BCUT2D eigenvalue weighted by atomic mass is 10.1. The molecule has 0 bridgehead atoms. The molecule has 2 amide bonds. The highest BCUT2D eigenvalue weighted by molar-refractivity contribution is 5.82. The summed E-state index contributed by atoms with van der Waals surface area (Å²) in [6, 6.07) is 8.18. The van der Waals surface area contributed by atoms with Crippen molar-refractivity contribution >= 4 is 18.0 Å². The van der Waals surface area contributed by atoms with Crippen LogP contribution in [0.5, 0.6) is 0 Å². The lowest BCUT2D eigenvalue weighted by molar-refractivity contribution is -0.147. The van der Waals surface area contributed by atoms with Gasteiger partial charge in [-0.1, -0.05) is 43.7 Å². The Balaban J connectivity index is 2.54. The maximum Gasteiger partial charge on any atom is 0.407 e. The number of esters is 1. The second-order valence-corrected chi connectivity index (χ2v) is 5.28. The summed E-state index contributed by atoms with van der Waals surface area (Å²) in [6.45, 7) is 2.32. The predicted molar refractivity (Wildman–Crippen MR) is 87.8 cm³/mol. The summed E-state index contributed by atoms with van der Waals surface area (Å²) >= 11 is 0. The number of hydrogen-bond acceptors (Lipinski definition) is 5. The maximum absolute atomic E-state index is 12.1. The fraction of sp³-hybridized carbons (Fsp3) is 0.471. The van der Waals surface area contributed by atoms with E-state index >= 15 is 0 Å². The number of ether oxygens (including phenoxy) is 2. The Hall–Kier alpha value is -2.57. The molecule has 0 fully saturated rings. The van der Waals surface area contributed by atoms with E-state index in [4.69, 9.17) is 15.2 Å². The predicted octanol–water partition coefficient (Wildman–Crippen LogP) is 1.89. The molecule has 132 valence electrons. The van der Waals surface area contributed by atoms with Crippen molar-refractivity contribution in [3.8, 4) is 0 Å². The van der Waals surface area contributed by atoms with Crippen molar-refractivity contribution in [3.63, 3.8) is 0 Å². The minimum absolute atomic E-state index is 0.0413. The normalized spacial score (nSPS) is 11.4. The molecule has 0 saturated heterocycles. The lowest BCUT2D eigenvalue weighted by Gasteiger charge is -2.17. The number of amides is 2. The van der Waals surface area contributed by atoms with E-state index in [9.17, 15) is 14.4 Å². The van der Waals surface area contributed by atoms with Crippen LogP contribution in [0.1, 0.15) is 38.2 Å². The largest absolute Gasteiger partial charge is 0.459 e. The number of alkyl carbamates (subject to hydrolysis) is 1. The number of nitrogens with one attached hydrogen (secondary N) is 1. The molecule has 1 aromatic carbocycles. The number of carbonyl (C=O) groups excluding carboxylic acids is 3. The summed E-state index contributed by atoms with van der Waals surface area (Å²) in [7, 11) is 0. The van der Waals surface area contributed by atoms with Gasteiger partial charge in [0.05, 0.1) is 6.61 Å². The summed E-state index contributed by atoms with van der Waals surface area (Å²) in [6.07, 6.45) is 0.927. The summed E-state index contributed by atoms with van der Waals surface area (Å²) in [4.78, 5) is 34.8. The van der Waals surface area contributed by atoms with Crippen molar-refractivity contribution in [2.75, 3.05) is 6.61 Å². The zero-order valence-corrected chi connectivity index (χ0v) is 13.8. The van der Waals surface area contributed by atoms with Crippen LogP contribution in [0, 0.1) is 0 Å². The highest BCUT2D eigenvalue weighted by atomic mass is 16.6. The van der Waals surface area contributed by atoms with E-state index in [0.29, 0.717) is 0 Å². The molecular weight excluding hydrogens is 312 g/mol. The smallest absolute Gasteiger partial charge is 0.407 e. The zero-order valence-electron chi connectivity index (χ0n) is 13.8. The standard InChI is InChI=1S/C17H24N2O5/c1-2-3-11-23-17(22)19-14(9-10-15(18)20)16(21)24-12-13-7-5-4-6-8-13/h4-8,14H,2-3,9-12H2,1H3,(H2,18,20)(H,19,22)/t14-/m0/s1. The van der Waals surface area contributed by atoms with Crippen LogP contribution in [-0.4, -0.2) is 30.6 Å². The van der Waals surface area contributed by atoms with Gasteiger partial charge in [0, 0.05) is 6.42 Å².